The highest BCUT2D eigenvalue weighted by atomic mass is 16.1. The molecule has 1 amide bonds. The maximum absolute atomic E-state index is 12.0. The molecular formula is C16H15N3O. The molecule has 2 rings (SSSR count). The Balaban J connectivity index is 2.14. The Bertz CT molecular complexity index is 613. The number of carbonyl (C=O) groups excluding carboxylic acids is 1. The van der Waals surface area contributed by atoms with Gasteiger partial charge in [0, 0.05) is 6.04 Å². The van der Waals surface area contributed by atoms with Gasteiger partial charge in [0.1, 0.15) is 11.6 Å². The first-order valence-electron chi connectivity index (χ1n) is 6.66. The second-order valence-electron chi connectivity index (χ2n) is 4.86. The largest absolute Gasteiger partial charge is 0.349 e. The van der Waals surface area contributed by atoms with E-state index in [0.29, 0.717) is 11.1 Å². The third-order valence-electron chi connectivity index (χ3n) is 3.38. The van der Waals surface area contributed by atoms with Crippen LogP contribution in [0.3, 0.4) is 0 Å². The van der Waals surface area contributed by atoms with Crippen LogP contribution in [0.4, 0.5) is 0 Å². The van der Waals surface area contributed by atoms with Crippen LogP contribution < -0.4 is 5.32 Å². The normalized spacial score (nSPS) is 15.4. The van der Waals surface area contributed by atoms with E-state index in [1.807, 2.05) is 12.1 Å². The zero-order valence-corrected chi connectivity index (χ0v) is 11.1. The van der Waals surface area contributed by atoms with Gasteiger partial charge in [0.15, 0.2) is 0 Å². The third kappa shape index (κ3) is 3.46. The number of rotatable bonds is 3. The molecule has 0 unspecified atom stereocenters. The molecule has 4 nitrogen and oxygen atoms in total. The molecule has 1 aliphatic carbocycles. The minimum absolute atomic E-state index is 0.0759. The van der Waals surface area contributed by atoms with Crippen LogP contribution in [0.1, 0.15) is 36.8 Å². The van der Waals surface area contributed by atoms with Crippen LogP contribution in [0.25, 0.3) is 6.08 Å². The van der Waals surface area contributed by atoms with Gasteiger partial charge < -0.3 is 5.32 Å². The number of nitriles is 2. The molecule has 0 atom stereocenters. The summed E-state index contributed by atoms with van der Waals surface area (Å²) in [6.07, 6.45) is 5.73. The molecular weight excluding hydrogens is 250 g/mol. The van der Waals surface area contributed by atoms with Crippen molar-refractivity contribution in [2.45, 2.75) is 31.7 Å². The van der Waals surface area contributed by atoms with Crippen molar-refractivity contribution in [3.8, 4) is 12.1 Å². The third-order valence-corrected chi connectivity index (χ3v) is 3.38. The molecule has 0 heterocycles. The summed E-state index contributed by atoms with van der Waals surface area (Å²) in [5.41, 5.74) is 1.27. The van der Waals surface area contributed by atoms with E-state index in [0.717, 1.165) is 25.7 Å². The Morgan fingerprint density at radius 1 is 1.30 bits per heavy atom. The Hall–Kier alpha value is -2.59. The molecule has 1 saturated carbocycles. The van der Waals surface area contributed by atoms with Crippen molar-refractivity contribution in [2.24, 2.45) is 0 Å². The molecule has 20 heavy (non-hydrogen) atoms. The Morgan fingerprint density at radius 2 is 2.05 bits per heavy atom. The lowest BCUT2D eigenvalue weighted by atomic mass is 10.1. The molecule has 0 saturated heterocycles. The fraction of sp³-hybridized carbons (Fsp3) is 0.312. The van der Waals surface area contributed by atoms with Crippen molar-refractivity contribution in [3.63, 3.8) is 0 Å². The van der Waals surface area contributed by atoms with E-state index in [1.54, 1.807) is 24.3 Å². The number of carbonyl (C=O) groups is 1. The summed E-state index contributed by atoms with van der Waals surface area (Å²) >= 11 is 0. The molecule has 0 spiro atoms. The number of hydrogen-bond donors (Lipinski definition) is 1. The SMILES string of the molecule is N#C/C(=C\c1cccc(C#N)c1)C(=O)NC1CCCC1. The monoisotopic (exact) mass is 265 g/mol. The smallest absolute Gasteiger partial charge is 0.262 e. The van der Waals surface area contributed by atoms with Gasteiger partial charge in [-0.3, -0.25) is 4.79 Å². The molecule has 0 aromatic heterocycles. The molecule has 0 aliphatic heterocycles. The van der Waals surface area contributed by atoms with Crippen LogP contribution in [0.15, 0.2) is 29.8 Å². The van der Waals surface area contributed by atoms with Gasteiger partial charge >= 0.3 is 0 Å². The Labute approximate surface area is 118 Å². The van der Waals surface area contributed by atoms with Crippen LogP contribution in [0.5, 0.6) is 0 Å². The average Bonchev–Trinajstić information content (AvgIpc) is 2.97. The average molecular weight is 265 g/mol. The summed E-state index contributed by atoms with van der Waals surface area (Å²) in [4.78, 5) is 12.0. The van der Waals surface area contributed by atoms with E-state index in [2.05, 4.69) is 5.32 Å². The summed E-state index contributed by atoms with van der Waals surface area (Å²) < 4.78 is 0. The second-order valence-corrected chi connectivity index (χ2v) is 4.86. The predicted molar refractivity (Wildman–Crippen MR) is 75.1 cm³/mol. The highest BCUT2D eigenvalue weighted by molar-refractivity contribution is 6.01. The second kappa shape index (κ2) is 6.54. The van der Waals surface area contributed by atoms with Gasteiger partial charge in [-0.1, -0.05) is 25.0 Å². The molecule has 1 aromatic rings. The molecule has 1 fully saturated rings. The van der Waals surface area contributed by atoms with Gasteiger partial charge in [0.05, 0.1) is 11.6 Å². The highest BCUT2D eigenvalue weighted by Gasteiger charge is 2.19. The van der Waals surface area contributed by atoms with Crippen LogP contribution in [-0.4, -0.2) is 11.9 Å². The standard InChI is InChI=1S/C16H15N3O/c17-10-13-5-3-4-12(8-13)9-14(11-18)16(20)19-15-6-1-2-7-15/h3-5,8-9,15H,1-2,6-7H2,(H,19,20)/b14-9+. The summed E-state index contributed by atoms with van der Waals surface area (Å²) in [7, 11) is 0. The summed E-state index contributed by atoms with van der Waals surface area (Å²) in [6, 6.07) is 11.0. The van der Waals surface area contributed by atoms with Crippen molar-refractivity contribution < 1.29 is 4.79 Å². The first kappa shape index (κ1) is 13.8. The van der Waals surface area contributed by atoms with Crippen LogP contribution >= 0.6 is 0 Å². The van der Waals surface area contributed by atoms with Crippen molar-refractivity contribution in [1.82, 2.24) is 5.32 Å². The molecule has 100 valence electrons. The zero-order valence-electron chi connectivity index (χ0n) is 11.1. The van der Waals surface area contributed by atoms with Gasteiger partial charge in [0.2, 0.25) is 0 Å². The first-order valence-corrected chi connectivity index (χ1v) is 6.66. The fourth-order valence-electron chi connectivity index (χ4n) is 2.35. The molecule has 1 N–H and O–H groups in total. The van der Waals surface area contributed by atoms with Crippen LogP contribution in [0, 0.1) is 22.7 Å². The van der Waals surface area contributed by atoms with Crippen LogP contribution in [0.2, 0.25) is 0 Å². The summed E-state index contributed by atoms with van der Waals surface area (Å²) in [5.74, 6) is -0.332. The number of amides is 1. The van der Waals surface area contributed by atoms with Crippen molar-refractivity contribution in [3.05, 3.63) is 41.0 Å². The summed E-state index contributed by atoms with van der Waals surface area (Å²) in [6.45, 7) is 0. The topological polar surface area (TPSA) is 76.7 Å². The number of benzene rings is 1. The van der Waals surface area contributed by atoms with Crippen LogP contribution in [-0.2, 0) is 4.79 Å². The molecule has 1 aromatic carbocycles. The van der Waals surface area contributed by atoms with Crippen molar-refractivity contribution in [2.75, 3.05) is 0 Å². The number of hydrogen-bond acceptors (Lipinski definition) is 3. The van der Waals surface area contributed by atoms with Gasteiger partial charge in [-0.25, -0.2) is 0 Å². The molecule has 0 radical (unpaired) electrons. The lowest BCUT2D eigenvalue weighted by Crippen LogP contribution is -2.33. The highest BCUT2D eigenvalue weighted by Crippen LogP contribution is 2.18. The minimum atomic E-state index is -0.332. The lowest BCUT2D eigenvalue weighted by Gasteiger charge is -2.10. The molecule has 0 bridgehead atoms. The van der Waals surface area contributed by atoms with Crippen molar-refractivity contribution in [1.29, 1.82) is 10.5 Å². The van der Waals surface area contributed by atoms with Gasteiger partial charge in [-0.2, -0.15) is 10.5 Å². The van der Waals surface area contributed by atoms with E-state index < -0.39 is 0 Å². The Morgan fingerprint density at radius 3 is 2.70 bits per heavy atom. The van der Waals surface area contributed by atoms with Gasteiger partial charge in [0.25, 0.3) is 5.91 Å². The minimum Gasteiger partial charge on any atom is -0.349 e. The first-order chi connectivity index (χ1) is 9.72. The quantitative estimate of drug-likeness (QED) is 0.674. The number of nitrogens with zero attached hydrogens (tertiary/aromatic N) is 2. The fourth-order valence-corrected chi connectivity index (χ4v) is 2.35. The zero-order chi connectivity index (χ0) is 14.4. The molecule has 1 aliphatic rings. The number of nitrogens with one attached hydrogen (secondary N) is 1. The molecule has 4 heteroatoms. The maximum atomic E-state index is 12.0. The predicted octanol–water partition coefficient (Wildman–Crippen LogP) is 2.52. The van der Waals surface area contributed by atoms with Gasteiger partial charge in [-0.15, -0.1) is 0 Å². The summed E-state index contributed by atoms with van der Waals surface area (Å²) in [5, 5.41) is 20.8. The lowest BCUT2D eigenvalue weighted by molar-refractivity contribution is -0.117. The van der Waals surface area contributed by atoms with E-state index >= 15 is 0 Å². The Kier molecular flexibility index (Phi) is 4.52. The maximum Gasteiger partial charge on any atom is 0.262 e. The van der Waals surface area contributed by atoms with E-state index in [1.165, 1.54) is 6.08 Å². The van der Waals surface area contributed by atoms with E-state index in [-0.39, 0.29) is 17.5 Å². The van der Waals surface area contributed by atoms with E-state index in [9.17, 15) is 4.79 Å². The van der Waals surface area contributed by atoms with E-state index in [4.69, 9.17) is 10.5 Å². The van der Waals surface area contributed by atoms with Gasteiger partial charge in [-0.05, 0) is 36.6 Å². The van der Waals surface area contributed by atoms with Crippen molar-refractivity contribution >= 4 is 12.0 Å².